The lowest BCUT2D eigenvalue weighted by molar-refractivity contribution is -0.119. The molecule has 1 aromatic heterocycles. The van der Waals surface area contributed by atoms with Crippen molar-refractivity contribution in [2.24, 2.45) is 0 Å². The van der Waals surface area contributed by atoms with Crippen molar-refractivity contribution in [3.63, 3.8) is 0 Å². The summed E-state index contributed by atoms with van der Waals surface area (Å²) in [5.74, 6) is -0.347. The van der Waals surface area contributed by atoms with Crippen molar-refractivity contribution in [3.8, 4) is 0 Å². The molecular weight excluding hydrogens is 413 g/mol. The largest absolute Gasteiger partial charge is 0.326 e. The second kappa shape index (κ2) is 9.54. The van der Waals surface area contributed by atoms with E-state index in [0.717, 1.165) is 5.56 Å². The molecule has 29 heavy (non-hydrogen) atoms. The van der Waals surface area contributed by atoms with E-state index in [-0.39, 0.29) is 18.2 Å². The van der Waals surface area contributed by atoms with Gasteiger partial charge >= 0.3 is 0 Å². The normalized spacial score (nSPS) is 11.7. The molecule has 3 rings (SSSR count). The highest BCUT2D eigenvalue weighted by atomic mass is 35.5. The third-order valence-electron chi connectivity index (χ3n) is 4.29. The minimum Gasteiger partial charge on any atom is -0.326 e. The summed E-state index contributed by atoms with van der Waals surface area (Å²) in [6, 6.07) is 11.6. The molecule has 1 atom stereocenters. The van der Waals surface area contributed by atoms with Gasteiger partial charge in [0.15, 0.2) is 0 Å². The molecule has 0 spiro atoms. The van der Waals surface area contributed by atoms with Gasteiger partial charge in [0.05, 0.1) is 0 Å². The fourth-order valence-corrected chi connectivity index (χ4v) is 3.12. The molecule has 7 nitrogen and oxygen atoms in total. The molecule has 0 fully saturated rings. The molecule has 0 aliphatic carbocycles. The maximum absolute atomic E-state index is 12.3. The number of anilines is 2. The zero-order valence-electron chi connectivity index (χ0n) is 15.6. The highest BCUT2D eigenvalue weighted by Gasteiger charge is 2.15. The van der Waals surface area contributed by atoms with Crippen LogP contribution < -0.4 is 10.6 Å². The van der Waals surface area contributed by atoms with E-state index in [4.69, 9.17) is 23.2 Å². The lowest BCUT2D eigenvalue weighted by atomic mass is 10.1. The van der Waals surface area contributed by atoms with Crippen LogP contribution in [0.15, 0.2) is 55.1 Å². The molecule has 0 aliphatic rings. The maximum atomic E-state index is 12.3. The molecule has 0 bridgehead atoms. The molecule has 150 valence electrons. The van der Waals surface area contributed by atoms with Crippen LogP contribution in [0.1, 0.15) is 24.9 Å². The second-order valence-corrected chi connectivity index (χ2v) is 7.25. The van der Waals surface area contributed by atoms with Crippen molar-refractivity contribution in [2.75, 3.05) is 10.6 Å². The Morgan fingerprint density at radius 1 is 1.07 bits per heavy atom. The van der Waals surface area contributed by atoms with E-state index in [1.54, 1.807) is 43.3 Å². The lowest BCUT2D eigenvalue weighted by Gasteiger charge is -2.12. The third-order valence-corrected chi connectivity index (χ3v) is 4.87. The number of nitrogens with one attached hydrogen (secondary N) is 2. The number of aryl methyl sites for hydroxylation is 1. The number of halogens is 2. The van der Waals surface area contributed by atoms with E-state index in [1.165, 1.54) is 17.3 Å². The van der Waals surface area contributed by atoms with E-state index in [0.29, 0.717) is 27.8 Å². The first-order chi connectivity index (χ1) is 13.9. The summed E-state index contributed by atoms with van der Waals surface area (Å²) in [5, 5.41) is 10.7. The molecule has 1 unspecified atom stereocenters. The molecular formula is C20H19Cl2N5O2. The Bertz CT molecular complexity index is 991. The van der Waals surface area contributed by atoms with Gasteiger partial charge in [-0.2, -0.15) is 5.10 Å². The number of rotatable bonds is 7. The van der Waals surface area contributed by atoms with Crippen molar-refractivity contribution in [1.29, 1.82) is 0 Å². The summed E-state index contributed by atoms with van der Waals surface area (Å²) in [6.07, 6.45) is 3.66. The molecule has 2 aromatic carbocycles. The molecule has 1 heterocycles. The predicted octanol–water partition coefficient (Wildman–Crippen LogP) is 4.36. The van der Waals surface area contributed by atoms with Crippen LogP contribution in [0.2, 0.25) is 10.0 Å². The monoisotopic (exact) mass is 431 g/mol. The quantitative estimate of drug-likeness (QED) is 0.581. The minimum atomic E-state index is -0.489. The van der Waals surface area contributed by atoms with Gasteiger partial charge in [0.25, 0.3) is 0 Å². The van der Waals surface area contributed by atoms with Gasteiger partial charge < -0.3 is 10.6 Å². The SMILES string of the molecule is CC(C(=O)Nc1ccc(NC(=O)CCc2ccc(Cl)cc2Cl)cc1)n1cncn1. The van der Waals surface area contributed by atoms with Gasteiger partial charge in [0, 0.05) is 27.8 Å². The van der Waals surface area contributed by atoms with Crippen molar-refractivity contribution in [1.82, 2.24) is 14.8 Å². The van der Waals surface area contributed by atoms with Crippen LogP contribution in [0.25, 0.3) is 0 Å². The van der Waals surface area contributed by atoms with Crippen molar-refractivity contribution in [3.05, 3.63) is 70.7 Å². The highest BCUT2D eigenvalue weighted by molar-refractivity contribution is 6.35. The number of hydrogen-bond donors (Lipinski definition) is 2. The van der Waals surface area contributed by atoms with E-state index in [1.807, 2.05) is 6.07 Å². The van der Waals surface area contributed by atoms with Gasteiger partial charge in [-0.3, -0.25) is 9.59 Å². The molecule has 0 radical (unpaired) electrons. The van der Waals surface area contributed by atoms with Gasteiger partial charge in [0.2, 0.25) is 11.8 Å². The first-order valence-corrected chi connectivity index (χ1v) is 9.67. The molecule has 3 aromatic rings. The number of amides is 2. The number of aromatic nitrogens is 3. The van der Waals surface area contributed by atoms with Crippen LogP contribution in [0.4, 0.5) is 11.4 Å². The van der Waals surface area contributed by atoms with Crippen molar-refractivity contribution >= 4 is 46.4 Å². The van der Waals surface area contributed by atoms with Crippen LogP contribution in [-0.2, 0) is 16.0 Å². The second-order valence-electron chi connectivity index (χ2n) is 6.40. The Kier molecular flexibility index (Phi) is 6.85. The fraction of sp³-hybridized carbons (Fsp3) is 0.200. The summed E-state index contributed by atoms with van der Waals surface area (Å²) >= 11 is 12.0. The van der Waals surface area contributed by atoms with Gasteiger partial charge in [-0.1, -0.05) is 29.3 Å². The summed E-state index contributed by atoms with van der Waals surface area (Å²) in [6.45, 7) is 1.73. The summed E-state index contributed by atoms with van der Waals surface area (Å²) in [7, 11) is 0. The Hall–Kier alpha value is -2.90. The van der Waals surface area contributed by atoms with Crippen LogP contribution in [-0.4, -0.2) is 26.6 Å². The van der Waals surface area contributed by atoms with Crippen LogP contribution in [0, 0.1) is 0 Å². The number of hydrogen-bond acceptors (Lipinski definition) is 4. The zero-order chi connectivity index (χ0) is 20.8. The fourth-order valence-electron chi connectivity index (χ4n) is 2.62. The number of carbonyl (C=O) groups excluding carboxylic acids is 2. The number of nitrogens with zero attached hydrogens (tertiary/aromatic N) is 3. The first-order valence-electron chi connectivity index (χ1n) is 8.91. The standard InChI is InChI=1S/C20H19Cl2N5O2/c1-13(27-12-23-11-24-27)20(29)26-17-7-5-16(6-8-17)25-19(28)9-3-14-2-4-15(21)10-18(14)22/h2,4-8,10-13H,3,9H2,1H3,(H,25,28)(H,26,29). The van der Waals surface area contributed by atoms with E-state index < -0.39 is 6.04 Å². The molecule has 0 saturated heterocycles. The van der Waals surface area contributed by atoms with E-state index in [9.17, 15) is 9.59 Å². The maximum Gasteiger partial charge on any atom is 0.249 e. The highest BCUT2D eigenvalue weighted by Crippen LogP contribution is 2.22. The molecule has 0 aliphatic heterocycles. The molecule has 0 saturated carbocycles. The van der Waals surface area contributed by atoms with Crippen molar-refractivity contribution in [2.45, 2.75) is 25.8 Å². The predicted molar refractivity (Wildman–Crippen MR) is 113 cm³/mol. The topological polar surface area (TPSA) is 88.9 Å². The van der Waals surface area contributed by atoms with Gasteiger partial charge in [-0.05, 0) is 55.3 Å². The minimum absolute atomic E-state index is 0.132. The number of carbonyl (C=O) groups is 2. The van der Waals surface area contributed by atoms with Gasteiger partial charge in [-0.25, -0.2) is 9.67 Å². The average Bonchev–Trinajstić information content (AvgIpc) is 3.23. The Labute approximate surface area is 178 Å². The third kappa shape index (κ3) is 5.79. The van der Waals surface area contributed by atoms with Crippen LogP contribution >= 0.6 is 23.2 Å². The summed E-state index contributed by atoms with van der Waals surface area (Å²) < 4.78 is 1.47. The van der Waals surface area contributed by atoms with E-state index >= 15 is 0 Å². The first kappa shape index (κ1) is 20.8. The average molecular weight is 432 g/mol. The lowest BCUT2D eigenvalue weighted by Crippen LogP contribution is -2.24. The number of benzene rings is 2. The molecule has 2 N–H and O–H groups in total. The van der Waals surface area contributed by atoms with Crippen LogP contribution in [0.3, 0.4) is 0 Å². The smallest absolute Gasteiger partial charge is 0.249 e. The summed E-state index contributed by atoms with van der Waals surface area (Å²) in [4.78, 5) is 28.3. The van der Waals surface area contributed by atoms with E-state index in [2.05, 4.69) is 20.7 Å². The zero-order valence-corrected chi connectivity index (χ0v) is 17.1. The van der Waals surface area contributed by atoms with Gasteiger partial charge in [0.1, 0.15) is 18.7 Å². The Morgan fingerprint density at radius 3 is 2.38 bits per heavy atom. The Balaban J connectivity index is 1.50. The summed E-state index contributed by atoms with van der Waals surface area (Å²) in [5.41, 5.74) is 2.12. The molecule has 9 heteroatoms. The van der Waals surface area contributed by atoms with Gasteiger partial charge in [-0.15, -0.1) is 0 Å². The van der Waals surface area contributed by atoms with Crippen molar-refractivity contribution < 1.29 is 9.59 Å². The molecule has 2 amide bonds. The van der Waals surface area contributed by atoms with Crippen LogP contribution in [0.5, 0.6) is 0 Å². The Morgan fingerprint density at radius 2 is 1.76 bits per heavy atom.